The highest BCUT2D eigenvalue weighted by molar-refractivity contribution is 7.16. The molecule has 3 heterocycles. The summed E-state index contributed by atoms with van der Waals surface area (Å²) in [6.07, 6.45) is 0. The first-order chi connectivity index (χ1) is 9.26. The number of H-pyrrole nitrogens is 1. The van der Waals surface area contributed by atoms with Crippen molar-refractivity contribution in [3.05, 3.63) is 32.2 Å². The number of hydrogen-bond acceptors (Lipinski definition) is 7. The van der Waals surface area contributed by atoms with Crippen LogP contribution in [0.4, 0.5) is 11.8 Å². The molecule has 0 spiro atoms. The summed E-state index contributed by atoms with van der Waals surface area (Å²) in [7, 11) is 1.79. The van der Waals surface area contributed by atoms with Crippen LogP contribution in [-0.4, -0.2) is 22.0 Å². The van der Waals surface area contributed by atoms with Gasteiger partial charge in [-0.15, -0.1) is 11.3 Å². The summed E-state index contributed by atoms with van der Waals surface area (Å²) in [4.78, 5) is 23.5. The van der Waals surface area contributed by atoms with Gasteiger partial charge in [0, 0.05) is 18.1 Å². The SMILES string of the molecule is CNc1nc(NCc2csc(=O)[nH]2)c2ccsc2n1. The van der Waals surface area contributed by atoms with E-state index >= 15 is 0 Å². The molecule has 0 saturated heterocycles. The topological polar surface area (TPSA) is 82.7 Å². The van der Waals surface area contributed by atoms with Crippen molar-refractivity contribution in [1.82, 2.24) is 15.0 Å². The molecular formula is C11H11N5OS2. The molecule has 0 unspecified atom stereocenters. The predicted molar refractivity (Wildman–Crippen MR) is 79.2 cm³/mol. The Morgan fingerprint density at radius 1 is 1.37 bits per heavy atom. The number of nitrogens with zero attached hydrogens (tertiary/aromatic N) is 2. The van der Waals surface area contributed by atoms with Crippen molar-refractivity contribution in [3.8, 4) is 0 Å². The van der Waals surface area contributed by atoms with Crippen molar-refractivity contribution in [1.29, 1.82) is 0 Å². The minimum Gasteiger partial charge on any atom is -0.364 e. The number of hydrogen-bond donors (Lipinski definition) is 3. The molecule has 0 fully saturated rings. The molecule has 6 nitrogen and oxygen atoms in total. The first-order valence-corrected chi connectivity index (χ1v) is 7.36. The second kappa shape index (κ2) is 4.98. The maximum Gasteiger partial charge on any atom is 0.304 e. The number of aromatic amines is 1. The molecule has 0 aromatic carbocycles. The second-order valence-electron chi connectivity index (χ2n) is 3.81. The zero-order valence-corrected chi connectivity index (χ0v) is 11.7. The highest BCUT2D eigenvalue weighted by atomic mass is 32.1. The lowest BCUT2D eigenvalue weighted by Gasteiger charge is -2.07. The van der Waals surface area contributed by atoms with E-state index in [9.17, 15) is 4.79 Å². The maximum absolute atomic E-state index is 11.1. The molecule has 0 amide bonds. The highest BCUT2D eigenvalue weighted by Crippen LogP contribution is 2.26. The molecule has 0 atom stereocenters. The van der Waals surface area contributed by atoms with E-state index in [-0.39, 0.29) is 4.87 Å². The highest BCUT2D eigenvalue weighted by Gasteiger charge is 2.08. The molecule has 98 valence electrons. The molecule has 3 N–H and O–H groups in total. The van der Waals surface area contributed by atoms with Gasteiger partial charge >= 0.3 is 4.87 Å². The standard InChI is InChI=1S/C11H11N5OS2/c1-12-10-15-8(7-2-3-18-9(7)16-10)13-4-6-5-19-11(17)14-6/h2-3,5H,4H2,1H3,(H,14,17)(H2,12,13,15,16). The van der Waals surface area contributed by atoms with Gasteiger partial charge in [0.1, 0.15) is 10.6 Å². The quantitative estimate of drug-likeness (QED) is 0.686. The van der Waals surface area contributed by atoms with E-state index in [0.29, 0.717) is 12.5 Å². The number of aromatic nitrogens is 3. The average Bonchev–Trinajstić information content (AvgIpc) is 3.04. The summed E-state index contributed by atoms with van der Waals surface area (Å²) in [5.74, 6) is 1.35. The average molecular weight is 293 g/mol. The van der Waals surface area contributed by atoms with Crippen LogP contribution in [0.3, 0.4) is 0 Å². The Hall–Kier alpha value is -1.93. The van der Waals surface area contributed by atoms with Gasteiger partial charge < -0.3 is 15.6 Å². The van der Waals surface area contributed by atoms with Crippen LogP contribution in [0.15, 0.2) is 21.6 Å². The van der Waals surface area contributed by atoms with Gasteiger partial charge in [0.2, 0.25) is 5.95 Å². The van der Waals surface area contributed by atoms with Gasteiger partial charge in [-0.3, -0.25) is 4.79 Å². The number of thiazole rings is 1. The minimum atomic E-state index is -0.0453. The van der Waals surface area contributed by atoms with E-state index in [2.05, 4.69) is 25.6 Å². The van der Waals surface area contributed by atoms with Crippen molar-refractivity contribution < 1.29 is 0 Å². The first-order valence-electron chi connectivity index (χ1n) is 5.60. The van der Waals surface area contributed by atoms with E-state index in [0.717, 1.165) is 33.1 Å². The number of thiophene rings is 1. The lowest BCUT2D eigenvalue weighted by Crippen LogP contribution is -2.06. The monoisotopic (exact) mass is 293 g/mol. The van der Waals surface area contributed by atoms with Crippen molar-refractivity contribution in [2.24, 2.45) is 0 Å². The second-order valence-corrected chi connectivity index (χ2v) is 5.55. The van der Waals surface area contributed by atoms with Crippen LogP contribution in [0.5, 0.6) is 0 Å². The molecule has 19 heavy (non-hydrogen) atoms. The number of rotatable bonds is 4. The van der Waals surface area contributed by atoms with E-state index in [4.69, 9.17) is 0 Å². The Kier molecular flexibility index (Phi) is 3.18. The molecule has 0 radical (unpaired) electrons. The van der Waals surface area contributed by atoms with E-state index in [1.54, 1.807) is 23.8 Å². The lowest BCUT2D eigenvalue weighted by atomic mass is 10.3. The summed E-state index contributed by atoms with van der Waals surface area (Å²) < 4.78 is 0. The zero-order chi connectivity index (χ0) is 13.2. The van der Waals surface area contributed by atoms with Crippen LogP contribution in [0.2, 0.25) is 0 Å². The Bertz CT molecular complexity index is 760. The molecule has 0 aliphatic rings. The molecule has 0 aliphatic heterocycles. The molecule has 3 rings (SSSR count). The third-order valence-electron chi connectivity index (χ3n) is 2.57. The normalized spacial score (nSPS) is 10.8. The largest absolute Gasteiger partial charge is 0.364 e. The fourth-order valence-corrected chi connectivity index (χ4v) is 3.03. The molecular weight excluding hydrogens is 282 g/mol. The summed E-state index contributed by atoms with van der Waals surface area (Å²) in [5.41, 5.74) is 0.850. The number of fused-ring (bicyclic) bond motifs is 1. The Labute approximate surface area is 116 Å². The predicted octanol–water partition coefficient (Wildman–Crippen LogP) is 2.09. The van der Waals surface area contributed by atoms with Gasteiger partial charge in [-0.2, -0.15) is 4.98 Å². The Morgan fingerprint density at radius 2 is 2.26 bits per heavy atom. The van der Waals surface area contributed by atoms with Gasteiger partial charge in [-0.05, 0) is 11.4 Å². The van der Waals surface area contributed by atoms with Crippen molar-refractivity contribution in [2.45, 2.75) is 6.54 Å². The van der Waals surface area contributed by atoms with Crippen LogP contribution in [0.25, 0.3) is 10.2 Å². The smallest absolute Gasteiger partial charge is 0.304 e. The zero-order valence-electron chi connectivity index (χ0n) is 10.1. The van der Waals surface area contributed by atoms with E-state index < -0.39 is 0 Å². The van der Waals surface area contributed by atoms with Crippen molar-refractivity contribution in [3.63, 3.8) is 0 Å². The van der Waals surface area contributed by atoms with Crippen molar-refractivity contribution >= 4 is 44.7 Å². The summed E-state index contributed by atoms with van der Waals surface area (Å²) in [5, 5.41) is 10.9. The summed E-state index contributed by atoms with van der Waals surface area (Å²) >= 11 is 2.73. The van der Waals surface area contributed by atoms with Gasteiger partial charge in [-0.25, -0.2) is 4.98 Å². The van der Waals surface area contributed by atoms with Crippen molar-refractivity contribution in [2.75, 3.05) is 17.7 Å². The fraction of sp³-hybridized carbons (Fsp3) is 0.182. The van der Waals surface area contributed by atoms with Crippen LogP contribution in [0.1, 0.15) is 5.69 Å². The molecule has 3 aromatic heterocycles. The van der Waals surface area contributed by atoms with Crippen LogP contribution >= 0.6 is 22.7 Å². The molecule has 0 aliphatic carbocycles. The van der Waals surface area contributed by atoms with Gasteiger partial charge in [0.15, 0.2) is 0 Å². The van der Waals surface area contributed by atoms with Gasteiger partial charge in [-0.1, -0.05) is 11.3 Å². The third-order valence-corrected chi connectivity index (χ3v) is 4.09. The van der Waals surface area contributed by atoms with Gasteiger partial charge in [0.05, 0.1) is 11.9 Å². The minimum absolute atomic E-state index is 0.0453. The maximum atomic E-state index is 11.1. The van der Waals surface area contributed by atoms with E-state index in [1.165, 1.54) is 0 Å². The van der Waals surface area contributed by atoms with E-state index in [1.807, 2.05) is 11.4 Å². The molecule has 0 bridgehead atoms. The summed E-state index contributed by atoms with van der Waals surface area (Å²) in [6, 6.07) is 1.98. The fourth-order valence-electron chi connectivity index (χ4n) is 1.68. The first kappa shape index (κ1) is 12.1. The molecule has 8 heteroatoms. The van der Waals surface area contributed by atoms with Crippen LogP contribution in [-0.2, 0) is 6.54 Å². The Balaban J connectivity index is 1.90. The molecule has 3 aromatic rings. The Morgan fingerprint density at radius 3 is 3.00 bits per heavy atom. The van der Waals surface area contributed by atoms with Crippen LogP contribution < -0.4 is 15.5 Å². The van der Waals surface area contributed by atoms with Gasteiger partial charge in [0.25, 0.3) is 0 Å². The molecule has 0 saturated carbocycles. The van der Waals surface area contributed by atoms with Crippen LogP contribution in [0, 0.1) is 0 Å². The third kappa shape index (κ3) is 2.45. The number of anilines is 2. The lowest BCUT2D eigenvalue weighted by molar-refractivity contribution is 1.04. The number of nitrogens with one attached hydrogen (secondary N) is 3. The summed E-state index contributed by atoms with van der Waals surface area (Å²) in [6.45, 7) is 0.532.